The summed E-state index contributed by atoms with van der Waals surface area (Å²) in [5.41, 5.74) is 3.21. The lowest BCUT2D eigenvalue weighted by atomic mass is 10.0. The second-order valence-corrected chi connectivity index (χ2v) is 11.3. The number of fused-ring (bicyclic) bond motifs is 4. The monoisotopic (exact) mass is 495 g/mol. The number of nitrogens with one attached hydrogen (secondary N) is 1. The molecule has 3 aliphatic heterocycles. The number of thioether (sulfide) groups is 1. The summed E-state index contributed by atoms with van der Waals surface area (Å²) in [4.78, 5) is 41.0. The summed E-state index contributed by atoms with van der Waals surface area (Å²) in [5, 5.41) is 4.67. The second-order valence-electron chi connectivity index (χ2n) is 9.12. The number of hydrogen-bond donors (Lipinski definition) is 1. The van der Waals surface area contributed by atoms with Gasteiger partial charge in [0.25, 0.3) is 0 Å². The van der Waals surface area contributed by atoms with Crippen molar-refractivity contribution in [2.45, 2.75) is 50.3 Å². The number of carbonyl (C=O) groups is 2. The van der Waals surface area contributed by atoms with Gasteiger partial charge in [-0.15, -0.1) is 11.3 Å². The van der Waals surface area contributed by atoms with Crippen molar-refractivity contribution in [3.05, 3.63) is 40.5 Å². The average Bonchev–Trinajstić information content (AvgIpc) is 3.36. The van der Waals surface area contributed by atoms with E-state index in [0.29, 0.717) is 32.6 Å². The van der Waals surface area contributed by atoms with Gasteiger partial charge in [0.2, 0.25) is 0 Å². The van der Waals surface area contributed by atoms with Crippen molar-refractivity contribution in [3.8, 4) is 0 Å². The van der Waals surface area contributed by atoms with Crippen LogP contribution in [-0.2, 0) is 28.9 Å². The molecule has 2 atom stereocenters. The first-order valence-corrected chi connectivity index (χ1v) is 13.1. The summed E-state index contributed by atoms with van der Waals surface area (Å²) in [7, 11) is 0. The summed E-state index contributed by atoms with van der Waals surface area (Å²) in [6.07, 6.45) is 2.95. The number of rotatable bonds is 2. The Morgan fingerprint density at radius 2 is 2.00 bits per heavy atom. The molecule has 8 nitrogen and oxygen atoms in total. The number of carbonyl (C=O) groups excluding carboxylic acids is 2. The number of hydrogen-bond acceptors (Lipinski definition) is 8. The maximum absolute atomic E-state index is 13.2. The van der Waals surface area contributed by atoms with Crippen molar-refractivity contribution in [2.24, 2.45) is 0 Å². The van der Waals surface area contributed by atoms with Crippen LogP contribution in [0.5, 0.6) is 0 Å². The van der Waals surface area contributed by atoms with Crippen LogP contribution in [0.3, 0.4) is 0 Å². The summed E-state index contributed by atoms with van der Waals surface area (Å²) >= 11 is 2.94. The third-order valence-corrected chi connectivity index (χ3v) is 8.58. The Bertz CT molecular complexity index is 1300. The fourth-order valence-electron chi connectivity index (χ4n) is 5.04. The van der Waals surface area contributed by atoms with Crippen LogP contribution >= 0.6 is 23.1 Å². The lowest BCUT2D eigenvalue weighted by Crippen LogP contribution is -2.53. The molecule has 0 aliphatic carbocycles. The lowest BCUT2D eigenvalue weighted by molar-refractivity contribution is -0.110. The van der Waals surface area contributed by atoms with Crippen LogP contribution in [0.4, 0.5) is 16.3 Å². The maximum atomic E-state index is 13.2. The summed E-state index contributed by atoms with van der Waals surface area (Å²) in [6.45, 7) is 6.55. The van der Waals surface area contributed by atoms with Gasteiger partial charge in [0, 0.05) is 41.5 Å². The third kappa shape index (κ3) is 3.93. The van der Waals surface area contributed by atoms with Crippen LogP contribution < -0.4 is 5.32 Å². The molecular weight excluding hydrogens is 470 g/mol. The van der Waals surface area contributed by atoms with E-state index >= 15 is 0 Å². The average molecular weight is 496 g/mol. The van der Waals surface area contributed by atoms with Crippen molar-refractivity contribution in [3.63, 3.8) is 0 Å². The molecule has 0 radical (unpaired) electrons. The first-order chi connectivity index (χ1) is 16.4. The molecule has 1 N–H and O–H groups in total. The quantitative estimate of drug-likeness (QED) is 0.570. The van der Waals surface area contributed by atoms with Crippen molar-refractivity contribution in [2.75, 3.05) is 25.0 Å². The fourth-order valence-corrected chi connectivity index (χ4v) is 7.18. The molecule has 34 heavy (non-hydrogen) atoms. The Hall–Kier alpha value is -2.69. The molecule has 1 saturated heterocycles. The van der Waals surface area contributed by atoms with E-state index in [2.05, 4.69) is 15.3 Å². The standard InChI is InChI=1S/C24H25N5O3S2/c1-13-9-29(10-14(2)32-13)24(31)28-6-5-17-19(11-28)34-23-21(17)22(25-12-26-23)27-16-4-3-15-7-20(30)33-18(15)8-16/h3-4,8,12-14H,5-7,9-11H2,1-2H3,(H,25,26,27)/t13-,14+. The first kappa shape index (κ1) is 21.8. The Morgan fingerprint density at radius 1 is 1.18 bits per heavy atom. The molecule has 0 saturated carbocycles. The van der Waals surface area contributed by atoms with Gasteiger partial charge in [-0.1, -0.05) is 17.8 Å². The van der Waals surface area contributed by atoms with Gasteiger partial charge in [0.15, 0.2) is 5.12 Å². The van der Waals surface area contributed by atoms with E-state index in [1.807, 2.05) is 41.8 Å². The van der Waals surface area contributed by atoms with Crippen molar-refractivity contribution in [1.29, 1.82) is 0 Å². The van der Waals surface area contributed by atoms with Gasteiger partial charge in [0.1, 0.15) is 17.0 Å². The molecular formula is C24H25N5O3S2. The Morgan fingerprint density at radius 3 is 2.82 bits per heavy atom. The molecule has 10 heteroatoms. The Labute approximate surface area is 205 Å². The second kappa shape index (κ2) is 8.51. The number of aromatic nitrogens is 2. The van der Waals surface area contributed by atoms with Gasteiger partial charge in [0.05, 0.1) is 24.1 Å². The zero-order chi connectivity index (χ0) is 23.4. The molecule has 3 aromatic rings. The van der Waals surface area contributed by atoms with Gasteiger partial charge < -0.3 is 19.9 Å². The highest BCUT2D eigenvalue weighted by atomic mass is 32.2. The molecule has 0 unspecified atom stereocenters. The molecule has 2 amide bonds. The summed E-state index contributed by atoms with van der Waals surface area (Å²) in [5.74, 6) is 0.771. The van der Waals surface area contributed by atoms with E-state index in [-0.39, 0.29) is 23.4 Å². The SMILES string of the molecule is C[C@@H]1CN(C(=O)N2CCc3c(sc4ncnc(Nc5ccc6c(c5)SC(=O)C6)c34)C2)C[C@H](C)O1. The topological polar surface area (TPSA) is 87.7 Å². The Balaban J connectivity index is 1.25. The minimum absolute atomic E-state index is 0.0528. The maximum Gasteiger partial charge on any atom is 0.320 e. The fraction of sp³-hybridized carbons (Fsp3) is 0.417. The largest absolute Gasteiger partial charge is 0.372 e. The zero-order valence-electron chi connectivity index (χ0n) is 19.0. The normalized spacial score (nSPS) is 22.1. The molecule has 1 aromatic carbocycles. The van der Waals surface area contributed by atoms with Crippen LogP contribution in [0, 0.1) is 0 Å². The molecule has 6 rings (SSSR count). The van der Waals surface area contributed by atoms with Crippen molar-refractivity contribution < 1.29 is 14.3 Å². The van der Waals surface area contributed by atoms with Crippen molar-refractivity contribution >= 4 is 56.0 Å². The van der Waals surface area contributed by atoms with E-state index in [9.17, 15) is 9.59 Å². The van der Waals surface area contributed by atoms with Crippen LogP contribution in [0.25, 0.3) is 10.2 Å². The molecule has 0 spiro atoms. The number of morpholine rings is 1. The minimum Gasteiger partial charge on any atom is -0.372 e. The van der Waals surface area contributed by atoms with Gasteiger partial charge in [-0.2, -0.15) is 0 Å². The zero-order valence-corrected chi connectivity index (χ0v) is 20.7. The van der Waals surface area contributed by atoms with Crippen LogP contribution in [-0.4, -0.2) is 62.8 Å². The Kier molecular flexibility index (Phi) is 5.46. The van der Waals surface area contributed by atoms with E-state index in [0.717, 1.165) is 38.6 Å². The number of benzene rings is 1. The smallest absolute Gasteiger partial charge is 0.320 e. The minimum atomic E-state index is 0.0528. The third-order valence-electron chi connectivity index (χ3n) is 6.49. The summed E-state index contributed by atoms with van der Waals surface area (Å²) in [6, 6.07) is 6.10. The van der Waals surface area contributed by atoms with Crippen molar-refractivity contribution in [1.82, 2.24) is 19.8 Å². The van der Waals surface area contributed by atoms with E-state index in [4.69, 9.17) is 4.74 Å². The van der Waals surface area contributed by atoms with E-state index < -0.39 is 0 Å². The highest BCUT2D eigenvalue weighted by Crippen LogP contribution is 2.39. The van der Waals surface area contributed by atoms with E-state index in [1.54, 1.807) is 17.7 Å². The van der Waals surface area contributed by atoms with E-state index in [1.165, 1.54) is 22.2 Å². The van der Waals surface area contributed by atoms with Crippen LogP contribution in [0.15, 0.2) is 29.4 Å². The molecule has 2 aromatic heterocycles. The number of amides is 2. The molecule has 176 valence electrons. The predicted molar refractivity (Wildman–Crippen MR) is 133 cm³/mol. The highest BCUT2D eigenvalue weighted by molar-refractivity contribution is 8.14. The number of nitrogens with zero attached hydrogens (tertiary/aromatic N) is 4. The van der Waals surface area contributed by atoms with Gasteiger partial charge >= 0.3 is 6.03 Å². The molecule has 5 heterocycles. The van der Waals surface area contributed by atoms with Gasteiger partial charge in [-0.3, -0.25) is 4.79 Å². The van der Waals surface area contributed by atoms with Crippen LogP contribution in [0.2, 0.25) is 0 Å². The summed E-state index contributed by atoms with van der Waals surface area (Å²) < 4.78 is 5.79. The first-order valence-electron chi connectivity index (χ1n) is 11.5. The molecule has 3 aliphatic rings. The highest BCUT2D eigenvalue weighted by Gasteiger charge is 2.32. The van der Waals surface area contributed by atoms with Crippen LogP contribution in [0.1, 0.15) is 29.9 Å². The van der Waals surface area contributed by atoms with Gasteiger partial charge in [-0.25, -0.2) is 14.8 Å². The predicted octanol–water partition coefficient (Wildman–Crippen LogP) is 4.20. The van der Waals surface area contributed by atoms with Gasteiger partial charge in [-0.05, 0) is 43.5 Å². The number of thiophene rings is 1. The number of urea groups is 1. The molecule has 0 bridgehead atoms. The molecule has 1 fully saturated rings. The number of anilines is 2. The number of ether oxygens (including phenoxy) is 1. The lowest BCUT2D eigenvalue weighted by Gasteiger charge is -2.39.